The lowest BCUT2D eigenvalue weighted by molar-refractivity contribution is 0.0667. The lowest BCUT2D eigenvalue weighted by atomic mass is 9.84. The van der Waals surface area contributed by atoms with Crippen molar-refractivity contribution in [3.8, 4) is 0 Å². The third-order valence-corrected chi connectivity index (χ3v) is 7.70. The summed E-state index contributed by atoms with van der Waals surface area (Å²) in [5.74, 6) is 0.903. The summed E-state index contributed by atoms with van der Waals surface area (Å²) in [6.45, 7) is 0. The maximum absolute atomic E-state index is 6.25. The van der Waals surface area contributed by atoms with Crippen molar-refractivity contribution < 1.29 is 4.74 Å². The van der Waals surface area contributed by atoms with Gasteiger partial charge in [-0.05, 0) is 80.2 Å². The van der Waals surface area contributed by atoms with Gasteiger partial charge < -0.3 is 15.0 Å². The smallest absolute Gasteiger partial charge is 0.148 e. The Labute approximate surface area is 222 Å². The number of para-hydroxylation sites is 1. The van der Waals surface area contributed by atoms with Crippen molar-refractivity contribution in [1.29, 1.82) is 0 Å². The topological polar surface area (TPSA) is 62.6 Å². The molecule has 7 heteroatoms. The van der Waals surface area contributed by atoms with Crippen LogP contribution in [0.4, 0.5) is 17.2 Å². The number of anilines is 3. The zero-order chi connectivity index (χ0) is 25.2. The van der Waals surface area contributed by atoms with Gasteiger partial charge in [-0.1, -0.05) is 29.8 Å². The Morgan fingerprint density at radius 1 is 1.03 bits per heavy atom. The molecule has 1 atom stereocenters. The van der Waals surface area contributed by atoms with Gasteiger partial charge in [-0.2, -0.15) is 0 Å². The molecule has 1 fully saturated rings. The molecule has 1 N–H and O–H groups in total. The van der Waals surface area contributed by atoms with Crippen LogP contribution in [-0.4, -0.2) is 34.9 Å². The molecule has 1 aromatic heterocycles. The number of aromatic nitrogens is 2. The largest absolute Gasteiger partial charge is 0.381 e. The molecule has 37 heavy (non-hydrogen) atoms. The van der Waals surface area contributed by atoms with Crippen LogP contribution in [0.5, 0.6) is 0 Å². The zero-order valence-corrected chi connectivity index (χ0v) is 21.6. The van der Waals surface area contributed by atoms with Gasteiger partial charge in [0.2, 0.25) is 0 Å². The average Bonchev–Trinajstić information content (AvgIpc) is 2.94. The fraction of sp³-hybridized carbons (Fsp3) is 0.300. The van der Waals surface area contributed by atoms with E-state index >= 15 is 0 Å². The van der Waals surface area contributed by atoms with E-state index < -0.39 is 0 Å². The quantitative estimate of drug-likeness (QED) is 0.411. The third kappa shape index (κ3) is 5.04. The second-order valence-electron chi connectivity index (χ2n) is 9.80. The van der Waals surface area contributed by atoms with Crippen LogP contribution in [0.3, 0.4) is 0 Å². The van der Waals surface area contributed by atoms with Crippen LogP contribution in [0, 0.1) is 5.92 Å². The number of nitrogens with zero attached hydrogens (tertiary/aromatic N) is 4. The molecule has 1 aliphatic heterocycles. The number of rotatable bonds is 5. The Bertz CT molecular complexity index is 1340. The minimum atomic E-state index is 0.188. The first-order chi connectivity index (χ1) is 18.2. The van der Waals surface area contributed by atoms with Gasteiger partial charge in [-0.25, -0.2) is 4.98 Å². The fourth-order valence-electron chi connectivity index (χ4n) is 5.57. The molecule has 2 heterocycles. The van der Waals surface area contributed by atoms with Crippen LogP contribution in [0.2, 0.25) is 5.02 Å². The molecule has 2 aliphatic carbocycles. The molecular formula is C30H30ClN5O. The highest BCUT2D eigenvalue weighted by molar-refractivity contribution is 6.30. The van der Waals surface area contributed by atoms with Crippen LogP contribution in [-0.2, 0) is 11.2 Å². The highest BCUT2D eigenvalue weighted by Crippen LogP contribution is 2.44. The summed E-state index contributed by atoms with van der Waals surface area (Å²) in [4.78, 5) is 16.3. The standard InChI is InChI=1S/C30H30ClN5O/c1-37-25-12-8-23(9-13-25)34-27-18-29-21(17-26(27)35-30-19-32-14-15-33-30)16-20-4-2-3-5-28(20)36(29)24-10-6-22(31)7-11-24/h2-7,10-11,14-15,17-19,21,23,25H,8-9,12-13,16H2,1H3,(H,33,35). The van der Waals surface area contributed by atoms with Gasteiger partial charge in [-0.3, -0.25) is 9.98 Å². The molecule has 0 saturated heterocycles. The molecule has 188 valence electrons. The number of aliphatic imine (C=N–C) groups is 1. The van der Waals surface area contributed by atoms with Crippen LogP contribution in [0.15, 0.2) is 95.7 Å². The second-order valence-corrected chi connectivity index (χ2v) is 10.2. The summed E-state index contributed by atoms with van der Waals surface area (Å²) < 4.78 is 5.59. The van der Waals surface area contributed by atoms with Gasteiger partial charge in [0, 0.05) is 47.5 Å². The Morgan fingerprint density at radius 2 is 1.84 bits per heavy atom. The van der Waals surface area contributed by atoms with Crippen LogP contribution in [0.1, 0.15) is 31.2 Å². The summed E-state index contributed by atoms with van der Waals surface area (Å²) in [5, 5.41) is 4.24. The molecule has 3 aromatic rings. The van der Waals surface area contributed by atoms with E-state index in [9.17, 15) is 0 Å². The maximum atomic E-state index is 6.25. The van der Waals surface area contributed by atoms with Crippen molar-refractivity contribution in [2.75, 3.05) is 17.3 Å². The molecule has 0 spiro atoms. The van der Waals surface area contributed by atoms with Crippen LogP contribution in [0.25, 0.3) is 0 Å². The van der Waals surface area contributed by atoms with Gasteiger partial charge in [-0.15, -0.1) is 0 Å². The van der Waals surface area contributed by atoms with Gasteiger partial charge in [0.15, 0.2) is 0 Å². The van der Waals surface area contributed by atoms with Crippen molar-refractivity contribution in [2.24, 2.45) is 10.9 Å². The number of nitrogens with one attached hydrogen (secondary N) is 1. The first-order valence-electron chi connectivity index (χ1n) is 12.9. The number of allylic oxidation sites excluding steroid dienone is 2. The minimum Gasteiger partial charge on any atom is -0.381 e. The first-order valence-corrected chi connectivity index (χ1v) is 13.3. The van der Waals surface area contributed by atoms with E-state index in [-0.39, 0.29) is 12.0 Å². The van der Waals surface area contributed by atoms with E-state index in [1.54, 1.807) is 25.7 Å². The van der Waals surface area contributed by atoms with E-state index in [1.807, 2.05) is 12.1 Å². The summed E-state index contributed by atoms with van der Waals surface area (Å²) in [6.07, 6.45) is 15.1. The highest BCUT2D eigenvalue weighted by Gasteiger charge is 2.33. The summed E-state index contributed by atoms with van der Waals surface area (Å²) in [6, 6.07) is 17.0. The molecule has 3 aliphatic rings. The predicted octanol–water partition coefficient (Wildman–Crippen LogP) is 6.73. The fourth-order valence-corrected chi connectivity index (χ4v) is 5.69. The molecule has 0 radical (unpaired) electrons. The number of ether oxygens (including phenoxy) is 1. The van der Waals surface area contributed by atoms with Gasteiger partial charge in [0.25, 0.3) is 0 Å². The van der Waals surface area contributed by atoms with Crippen molar-refractivity contribution in [2.45, 2.75) is 44.2 Å². The molecule has 2 aromatic carbocycles. The maximum Gasteiger partial charge on any atom is 0.148 e. The van der Waals surface area contributed by atoms with Crippen LogP contribution < -0.4 is 10.2 Å². The SMILES string of the molecule is COC1CCC(N=C2C=C3C(C=C2Nc2cnccn2)Cc2ccccc2N3c2ccc(Cl)cc2)CC1. The predicted molar refractivity (Wildman–Crippen MR) is 150 cm³/mol. The number of fused-ring (bicyclic) bond motifs is 2. The number of hydrogen-bond donors (Lipinski definition) is 1. The van der Waals surface area contributed by atoms with E-state index in [1.165, 1.54) is 16.9 Å². The van der Waals surface area contributed by atoms with E-state index in [4.69, 9.17) is 21.3 Å². The number of benzene rings is 2. The van der Waals surface area contributed by atoms with Gasteiger partial charge in [0.05, 0.1) is 29.8 Å². The normalized spacial score (nSPS) is 24.1. The van der Waals surface area contributed by atoms with E-state index in [0.29, 0.717) is 11.9 Å². The lowest BCUT2D eigenvalue weighted by Gasteiger charge is -2.40. The molecule has 0 amide bonds. The average molecular weight is 512 g/mol. The molecule has 0 bridgehead atoms. The molecule has 1 unspecified atom stereocenters. The molecular weight excluding hydrogens is 482 g/mol. The van der Waals surface area contributed by atoms with Gasteiger partial charge >= 0.3 is 0 Å². The Kier molecular flexibility index (Phi) is 6.77. The van der Waals surface area contributed by atoms with Crippen molar-refractivity contribution >= 4 is 34.5 Å². The molecule has 1 saturated carbocycles. The number of methoxy groups -OCH3 is 1. The van der Waals surface area contributed by atoms with E-state index in [0.717, 1.165) is 54.2 Å². The second kappa shape index (κ2) is 10.5. The molecule has 6 nitrogen and oxygen atoms in total. The van der Waals surface area contributed by atoms with Crippen molar-refractivity contribution in [3.05, 3.63) is 101 Å². The lowest BCUT2D eigenvalue weighted by Crippen LogP contribution is -2.33. The number of hydrogen-bond acceptors (Lipinski definition) is 6. The summed E-state index contributed by atoms with van der Waals surface area (Å²) in [7, 11) is 1.81. The van der Waals surface area contributed by atoms with Gasteiger partial charge in [0.1, 0.15) is 5.82 Å². The highest BCUT2D eigenvalue weighted by atomic mass is 35.5. The Balaban J connectivity index is 1.43. The first kappa shape index (κ1) is 23.9. The van der Waals surface area contributed by atoms with E-state index in [2.05, 4.69) is 68.7 Å². The summed E-state index contributed by atoms with van der Waals surface area (Å²) in [5.41, 5.74) is 6.76. The Hall–Kier alpha value is -3.48. The summed E-state index contributed by atoms with van der Waals surface area (Å²) >= 11 is 6.25. The zero-order valence-electron chi connectivity index (χ0n) is 20.8. The van der Waals surface area contributed by atoms with Crippen molar-refractivity contribution in [1.82, 2.24) is 9.97 Å². The van der Waals surface area contributed by atoms with Crippen LogP contribution >= 0.6 is 11.6 Å². The number of halogens is 1. The minimum absolute atomic E-state index is 0.188. The van der Waals surface area contributed by atoms with Crippen molar-refractivity contribution in [3.63, 3.8) is 0 Å². The monoisotopic (exact) mass is 511 g/mol. The third-order valence-electron chi connectivity index (χ3n) is 7.45. The molecule has 6 rings (SSSR count). The Morgan fingerprint density at radius 3 is 2.59 bits per heavy atom.